The van der Waals surface area contributed by atoms with Crippen molar-refractivity contribution >= 4 is 86.4 Å². The van der Waals surface area contributed by atoms with Crippen molar-refractivity contribution in [1.82, 2.24) is 4.57 Å². The van der Waals surface area contributed by atoms with Crippen LogP contribution in [-0.2, 0) is 0 Å². The van der Waals surface area contributed by atoms with Crippen molar-refractivity contribution in [2.45, 2.75) is 0 Å². The third-order valence-corrected chi connectivity index (χ3v) is 11.9. The lowest BCUT2D eigenvalue weighted by molar-refractivity contribution is 1.18. The first-order chi connectivity index (χ1) is 27.3. The topological polar surface area (TPSA) is 4.93 Å². The molecule has 0 saturated heterocycles. The van der Waals surface area contributed by atoms with Crippen molar-refractivity contribution in [1.29, 1.82) is 0 Å². The zero-order valence-corrected chi connectivity index (χ0v) is 30.0. The standard InChI is InChI=1S/C54H33N/c1-2-16-38(17-3-1)55-49-31-30-34-14-4-6-18-39(34)53(49)54-46-25-13-11-23-44(46)47(33-50(54)55)35-26-28-36(29-27-35)51-40-19-7-5-15-37(40)32-48-43-22-9-8-20-41(43)42-21-10-12-24-45(42)52(48)51/h1-33H. The number of nitrogens with zero attached hydrogens (tertiary/aromatic N) is 1. The molecule has 12 aromatic rings. The Bertz CT molecular complexity index is 3520. The number of hydrogen-bond donors (Lipinski definition) is 0. The second-order valence-electron chi connectivity index (χ2n) is 14.8. The largest absolute Gasteiger partial charge is 0.309 e. The molecule has 0 unspecified atom stereocenters. The molecule has 0 radical (unpaired) electrons. The molecular formula is C54H33N. The Balaban J connectivity index is 1.15. The molecule has 0 amide bonds. The minimum absolute atomic E-state index is 1.16. The number of rotatable bonds is 3. The van der Waals surface area contributed by atoms with Crippen LogP contribution in [-0.4, -0.2) is 4.57 Å². The molecule has 55 heavy (non-hydrogen) atoms. The van der Waals surface area contributed by atoms with Crippen molar-refractivity contribution in [3.63, 3.8) is 0 Å². The van der Waals surface area contributed by atoms with Crippen LogP contribution in [0.5, 0.6) is 0 Å². The van der Waals surface area contributed by atoms with Crippen LogP contribution in [0.4, 0.5) is 0 Å². The SMILES string of the molecule is c1ccc(-n2c3ccc4ccccc4c3c3c4ccccc4c(-c4ccc(-c5c6ccccc6cc6c7ccccc7c7ccccc7c56)cc4)cc32)cc1. The highest BCUT2D eigenvalue weighted by Gasteiger charge is 2.21. The van der Waals surface area contributed by atoms with Gasteiger partial charge in [0.1, 0.15) is 0 Å². The fourth-order valence-corrected chi connectivity index (χ4v) is 9.58. The summed E-state index contributed by atoms with van der Waals surface area (Å²) in [7, 11) is 0. The third-order valence-electron chi connectivity index (χ3n) is 11.9. The van der Waals surface area contributed by atoms with E-state index in [4.69, 9.17) is 0 Å². The van der Waals surface area contributed by atoms with E-state index >= 15 is 0 Å². The van der Waals surface area contributed by atoms with Crippen LogP contribution in [0.15, 0.2) is 200 Å². The van der Waals surface area contributed by atoms with Gasteiger partial charge < -0.3 is 4.57 Å². The Hall–Kier alpha value is -7.22. The highest BCUT2D eigenvalue weighted by molar-refractivity contribution is 6.33. The van der Waals surface area contributed by atoms with Gasteiger partial charge in [-0.15, -0.1) is 0 Å². The van der Waals surface area contributed by atoms with Crippen molar-refractivity contribution in [2.24, 2.45) is 0 Å². The number of fused-ring (bicyclic) bond motifs is 14. The molecule has 0 spiro atoms. The summed E-state index contributed by atoms with van der Waals surface area (Å²) in [6.07, 6.45) is 0. The van der Waals surface area contributed by atoms with E-state index in [1.165, 1.54) is 109 Å². The molecule has 0 saturated carbocycles. The van der Waals surface area contributed by atoms with E-state index < -0.39 is 0 Å². The zero-order valence-electron chi connectivity index (χ0n) is 30.0. The maximum atomic E-state index is 2.46. The van der Waals surface area contributed by atoms with Gasteiger partial charge in [-0.1, -0.05) is 170 Å². The number of hydrogen-bond acceptors (Lipinski definition) is 0. The molecule has 1 nitrogen and oxygen atoms in total. The zero-order chi connectivity index (χ0) is 36.0. The molecule has 12 rings (SSSR count). The minimum atomic E-state index is 1.16. The lowest BCUT2D eigenvalue weighted by Crippen LogP contribution is -1.94. The van der Waals surface area contributed by atoms with Gasteiger partial charge in [-0.2, -0.15) is 0 Å². The summed E-state index contributed by atoms with van der Waals surface area (Å²) in [4.78, 5) is 0. The van der Waals surface area contributed by atoms with Gasteiger partial charge in [0.15, 0.2) is 0 Å². The van der Waals surface area contributed by atoms with Gasteiger partial charge in [-0.05, 0) is 117 Å². The van der Waals surface area contributed by atoms with Gasteiger partial charge in [0.25, 0.3) is 0 Å². The Morgan fingerprint density at radius 3 is 1.51 bits per heavy atom. The maximum Gasteiger partial charge on any atom is 0.0553 e. The highest BCUT2D eigenvalue weighted by atomic mass is 15.0. The van der Waals surface area contributed by atoms with Crippen molar-refractivity contribution in [3.8, 4) is 27.9 Å². The Morgan fingerprint density at radius 2 is 0.782 bits per heavy atom. The summed E-state index contributed by atoms with van der Waals surface area (Å²) in [6.45, 7) is 0. The first-order valence-electron chi connectivity index (χ1n) is 19.1. The van der Waals surface area contributed by atoms with Crippen molar-refractivity contribution in [2.75, 3.05) is 0 Å². The lowest BCUT2D eigenvalue weighted by Gasteiger charge is -2.18. The van der Waals surface area contributed by atoms with Gasteiger partial charge in [0, 0.05) is 16.5 Å². The minimum Gasteiger partial charge on any atom is -0.309 e. The Labute approximate surface area is 317 Å². The van der Waals surface area contributed by atoms with Gasteiger partial charge in [-0.25, -0.2) is 0 Å². The van der Waals surface area contributed by atoms with Crippen molar-refractivity contribution < 1.29 is 0 Å². The fourth-order valence-electron chi connectivity index (χ4n) is 9.58. The van der Waals surface area contributed by atoms with Crippen LogP contribution >= 0.6 is 0 Å². The predicted molar refractivity (Wildman–Crippen MR) is 237 cm³/mol. The van der Waals surface area contributed by atoms with E-state index in [9.17, 15) is 0 Å². The second-order valence-corrected chi connectivity index (χ2v) is 14.8. The number of para-hydroxylation sites is 1. The molecular weight excluding hydrogens is 663 g/mol. The van der Waals surface area contributed by atoms with E-state index in [1.807, 2.05) is 0 Å². The smallest absolute Gasteiger partial charge is 0.0553 e. The first kappa shape index (κ1) is 30.3. The van der Waals surface area contributed by atoms with E-state index in [1.54, 1.807) is 0 Å². The predicted octanol–water partition coefficient (Wildman–Crippen LogP) is 15.0. The normalized spacial score (nSPS) is 12.0. The summed E-state index contributed by atoms with van der Waals surface area (Å²) in [5.74, 6) is 0. The Kier molecular flexibility index (Phi) is 6.40. The molecule has 1 heterocycles. The fraction of sp³-hybridized carbons (Fsp3) is 0. The van der Waals surface area contributed by atoms with Gasteiger partial charge in [0.2, 0.25) is 0 Å². The molecule has 11 aromatic carbocycles. The molecule has 1 aromatic heterocycles. The van der Waals surface area contributed by atoms with Crippen LogP contribution < -0.4 is 0 Å². The van der Waals surface area contributed by atoms with Crippen LogP contribution in [0.1, 0.15) is 0 Å². The Morgan fingerprint density at radius 1 is 0.273 bits per heavy atom. The quantitative estimate of drug-likeness (QED) is 0.128. The van der Waals surface area contributed by atoms with Crippen molar-refractivity contribution in [3.05, 3.63) is 200 Å². The van der Waals surface area contributed by atoms with E-state index in [-0.39, 0.29) is 0 Å². The van der Waals surface area contributed by atoms with Crippen LogP contribution in [0.25, 0.3) is 114 Å². The summed E-state index contributed by atoms with van der Waals surface area (Å²) < 4.78 is 2.46. The van der Waals surface area contributed by atoms with E-state index in [2.05, 4.69) is 205 Å². The highest BCUT2D eigenvalue weighted by Crippen LogP contribution is 2.46. The summed E-state index contributed by atoms with van der Waals surface area (Å²) in [5, 5.41) is 18.0. The molecule has 0 N–H and O–H groups in total. The first-order valence-corrected chi connectivity index (χ1v) is 19.1. The number of aromatic nitrogens is 1. The summed E-state index contributed by atoms with van der Waals surface area (Å²) in [6, 6.07) is 74.0. The molecule has 254 valence electrons. The van der Waals surface area contributed by atoms with E-state index in [0.29, 0.717) is 0 Å². The summed E-state index contributed by atoms with van der Waals surface area (Å²) >= 11 is 0. The molecule has 0 aliphatic rings. The van der Waals surface area contributed by atoms with Gasteiger partial charge in [-0.3, -0.25) is 0 Å². The van der Waals surface area contributed by atoms with E-state index in [0.717, 1.165) is 5.69 Å². The average molecular weight is 696 g/mol. The molecule has 0 aliphatic heterocycles. The molecule has 0 bridgehead atoms. The van der Waals surface area contributed by atoms with Crippen LogP contribution in [0.2, 0.25) is 0 Å². The van der Waals surface area contributed by atoms with Gasteiger partial charge >= 0.3 is 0 Å². The second kappa shape index (κ2) is 11.6. The molecule has 0 fully saturated rings. The van der Waals surface area contributed by atoms with Crippen LogP contribution in [0.3, 0.4) is 0 Å². The average Bonchev–Trinajstić information content (AvgIpc) is 3.61. The summed E-state index contributed by atoms with van der Waals surface area (Å²) in [5.41, 5.74) is 8.56. The molecule has 0 aliphatic carbocycles. The van der Waals surface area contributed by atoms with Crippen LogP contribution in [0, 0.1) is 0 Å². The number of benzene rings is 11. The van der Waals surface area contributed by atoms with Gasteiger partial charge in [0.05, 0.1) is 11.0 Å². The third kappa shape index (κ3) is 4.35. The molecule has 1 heteroatoms. The lowest BCUT2D eigenvalue weighted by atomic mass is 9.85. The monoisotopic (exact) mass is 695 g/mol. The maximum absolute atomic E-state index is 2.46. The molecule has 0 atom stereocenters.